The molecule has 0 radical (unpaired) electrons. The molecule has 2 aliphatic heterocycles. The number of hydrogen-bond acceptors (Lipinski definition) is 3. The summed E-state index contributed by atoms with van der Waals surface area (Å²) in [6.07, 6.45) is 2.37. The minimum Gasteiger partial charge on any atom is -0.491 e. The van der Waals surface area contributed by atoms with Crippen LogP contribution in [-0.4, -0.2) is 31.3 Å². The number of ether oxygens (including phenoxy) is 2. The van der Waals surface area contributed by atoms with E-state index in [1.54, 1.807) is 0 Å². The number of amides is 1. The van der Waals surface area contributed by atoms with E-state index >= 15 is 0 Å². The molecule has 2 aliphatic rings. The standard InChI is InChI=1S/C14H17NO3/c16-14(13-6-3-7-17-13)15-11-8-10-4-1-2-5-12(10)18-9-11/h1-2,4-5,11,13H,3,6-9H2,(H,15,16). The second-order valence-electron chi connectivity index (χ2n) is 4.83. The van der Waals surface area contributed by atoms with Crippen LogP contribution in [0.4, 0.5) is 0 Å². The number of hydrogen-bond donors (Lipinski definition) is 1. The maximum Gasteiger partial charge on any atom is 0.249 e. The van der Waals surface area contributed by atoms with Gasteiger partial charge in [-0.05, 0) is 30.9 Å². The van der Waals surface area contributed by atoms with E-state index in [1.807, 2.05) is 24.3 Å². The molecule has 96 valence electrons. The fourth-order valence-corrected chi connectivity index (χ4v) is 2.50. The highest BCUT2D eigenvalue weighted by atomic mass is 16.5. The minimum atomic E-state index is -0.262. The van der Waals surface area contributed by atoms with Gasteiger partial charge in [0.1, 0.15) is 18.5 Å². The average molecular weight is 247 g/mol. The Labute approximate surface area is 106 Å². The van der Waals surface area contributed by atoms with Crippen molar-refractivity contribution in [3.05, 3.63) is 29.8 Å². The molecular weight excluding hydrogens is 230 g/mol. The van der Waals surface area contributed by atoms with Crippen molar-refractivity contribution < 1.29 is 14.3 Å². The normalized spacial score (nSPS) is 26.2. The van der Waals surface area contributed by atoms with E-state index in [2.05, 4.69) is 5.32 Å². The smallest absolute Gasteiger partial charge is 0.249 e. The van der Waals surface area contributed by atoms with Gasteiger partial charge in [-0.3, -0.25) is 4.79 Å². The highest BCUT2D eigenvalue weighted by Gasteiger charge is 2.27. The number of benzene rings is 1. The summed E-state index contributed by atoms with van der Waals surface area (Å²) in [5.41, 5.74) is 1.15. The second kappa shape index (κ2) is 4.98. The van der Waals surface area contributed by atoms with E-state index in [9.17, 15) is 4.79 Å². The highest BCUT2D eigenvalue weighted by Crippen LogP contribution is 2.24. The number of rotatable bonds is 2. The predicted molar refractivity (Wildman–Crippen MR) is 66.5 cm³/mol. The Morgan fingerprint density at radius 2 is 2.22 bits per heavy atom. The van der Waals surface area contributed by atoms with E-state index in [-0.39, 0.29) is 18.1 Å². The van der Waals surface area contributed by atoms with Gasteiger partial charge in [0.15, 0.2) is 0 Å². The van der Waals surface area contributed by atoms with Crippen molar-refractivity contribution in [3.63, 3.8) is 0 Å². The first-order valence-corrected chi connectivity index (χ1v) is 6.45. The molecule has 3 rings (SSSR count). The van der Waals surface area contributed by atoms with Crippen LogP contribution in [-0.2, 0) is 16.0 Å². The molecule has 0 spiro atoms. The summed E-state index contributed by atoms with van der Waals surface area (Å²) >= 11 is 0. The van der Waals surface area contributed by atoms with E-state index in [4.69, 9.17) is 9.47 Å². The van der Waals surface area contributed by atoms with Crippen LogP contribution in [0.15, 0.2) is 24.3 Å². The van der Waals surface area contributed by atoms with Crippen LogP contribution in [0, 0.1) is 0 Å². The average Bonchev–Trinajstić information content (AvgIpc) is 2.92. The Morgan fingerprint density at radius 1 is 1.33 bits per heavy atom. The number of nitrogens with one attached hydrogen (secondary N) is 1. The topological polar surface area (TPSA) is 47.6 Å². The summed E-state index contributed by atoms with van der Waals surface area (Å²) in [5.74, 6) is 0.931. The maximum absolute atomic E-state index is 11.9. The number of para-hydroxylation sites is 1. The fraction of sp³-hybridized carbons (Fsp3) is 0.500. The van der Waals surface area contributed by atoms with E-state index in [1.165, 1.54) is 0 Å². The highest BCUT2D eigenvalue weighted by molar-refractivity contribution is 5.81. The molecule has 18 heavy (non-hydrogen) atoms. The maximum atomic E-state index is 11.9. The predicted octanol–water partition coefficient (Wildman–Crippen LogP) is 1.29. The lowest BCUT2D eigenvalue weighted by Gasteiger charge is -2.26. The van der Waals surface area contributed by atoms with Crippen LogP contribution in [0.25, 0.3) is 0 Å². The second-order valence-corrected chi connectivity index (χ2v) is 4.83. The summed E-state index contributed by atoms with van der Waals surface area (Å²) in [6, 6.07) is 8.01. The van der Waals surface area contributed by atoms with Gasteiger partial charge in [0.05, 0.1) is 6.04 Å². The molecule has 1 fully saturated rings. The van der Waals surface area contributed by atoms with Crippen molar-refractivity contribution in [2.75, 3.05) is 13.2 Å². The van der Waals surface area contributed by atoms with Crippen LogP contribution >= 0.6 is 0 Å². The zero-order chi connectivity index (χ0) is 12.4. The SMILES string of the molecule is O=C(NC1COc2ccccc2C1)C1CCCO1. The molecule has 1 saturated heterocycles. The molecule has 0 aliphatic carbocycles. The van der Waals surface area contributed by atoms with E-state index in [0.717, 1.165) is 30.6 Å². The van der Waals surface area contributed by atoms with Crippen LogP contribution < -0.4 is 10.1 Å². The first-order valence-electron chi connectivity index (χ1n) is 6.45. The molecule has 1 N–H and O–H groups in total. The summed E-state index contributed by atoms with van der Waals surface area (Å²) < 4.78 is 11.0. The molecule has 0 saturated carbocycles. The summed E-state index contributed by atoms with van der Waals surface area (Å²) in [7, 11) is 0. The monoisotopic (exact) mass is 247 g/mol. The van der Waals surface area contributed by atoms with Crippen LogP contribution in [0.5, 0.6) is 5.75 Å². The van der Waals surface area contributed by atoms with Gasteiger partial charge in [0.2, 0.25) is 5.91 Å². The summed E-state index contributed by atoms with van der Waals surface area (Å²) in [6.45, 7) is 1.23. The van der Waals surface area contributed by atoms with Crippen molar-refractivity contribution in [1.29, 1.82) is 0 Å². The van der Waals surface area contributed by atoms with Crippen LogP contribution in [0.2, 0.25) is 0 Å². The van der Waals surface area contributed by atoms with Crippen LogP contribution in [0.3, 0.4) is 0 Å². The zero-order valence-electron chi connectivity index (χ0n) is 10.2. The van der Waals surface area contributed by atoms with Crippen molar-refractivity contribution in [1.82, 2.24) is 5.32 Å². The summed E-state index contributed by atoms with van der Waals surface area (Å²) in [5, 5.41) is 3.01. The lowest BCUT2D eigenvalue weighted by molar-refractivity contribution is -0.131. The molecule has 4 nitrogen and oxygen atoms in total. The van der Waals surface area contributed by atoms with Gasteiger partial charge < -0.3 is 14.8 Å². The van der Waals surface area contributed by atoms with Gasteiger partial charge in [0, 0.05) is 6.61 Å². The third kappa shape index (κ3) is 2.34. The molecule has 2 heterocycles. The molecule has 0 bridgehead atoms. The van der Waals surface area contributed by atoms with E-state index < -0.39 is 0 Å². The van der Waals surface area contributed by atoms with Crippen molar-refractivity contribution in [2.24, 2.45) is 0 Å². The Morgan fingerprint density at radius 3 is 3.06 bits per heavy atom. The molecular formula is C14H17NO3. The summed E-state index contributed by atoms with van der Waals surface area (Å²) in [4.78, 5) is 11.9. The Hall–Kier alpha value is -1.55. The number of fused-ring (bicyclic) bond motifs is 1. The number of carbonyl (C=O) groups is 1. The van der Waals surface area contributed by atoms with Gasteiger partial charge in [-0.25, -0.2) is 0 Å². The first-order chi connectivity index (χ1) is 8.83. The van der Waals surface area contributed by atoms with Crippen molar-refractivity contribution in [3.8, 4) is 5.75 Å². The quantitative estimate of drug-likeness (QED) is 0.856. The third-order valence-corrected chi connectivity index (χ3v) is 3.45. The van der Waals surface area contributed by atoms with E-state index in [0.29, 0.717) is 13.2 Å². The minimum absolute atomic E-state index is 0.000445. The van der Waals surface area contributed by atoms with Gasteiger partial charge in [0.25, 0.3) is 0 Å². The lowest BCUT2D eigenvalue weighted by Crippen LogP contribution is -2.46. The molecule has 4 heteroatoms. The molecule has 1 aromatic rings. The largest absolute Gasteiger partial charge is 0.491 e. The molecule has 2 unspecified atom stereocenters. The molecule has 1 amide bonds. The molecule has 2 atom stereocenters. The fourth-order valence-electron chi connectivity index (χ4n) is 2.50. The molecule has 0 aromatic heterocycles. The zero-order valence-corrected chi connectivity index (χ0v) is 10.2. The lowest BCUT2D eigenvalue weighted by atomic mass is 10.0. The number of carbonyl (C=O) groups excluding carboxylic acids is 1. The van der Waals surface area contributed by atoms with Gasteiger partial charge in [-0.15, -0.1) is 0 Å². The van der Waals surface area contributed by atoms with Gasteiger partial charge in [-0.1, -0.05) is 18.2 Å². The Balaban J connectivity index is 1.60. The van der Waals surface area contributed by atoms with Gasteiger partial charge in [-0.2, -0.15) is 0 Å². The van der Waals surface area contributed by atoms with Crippen molar-refractivity contribution in [2.45, 2.75) is 31.4 Å². The van der Waals surface area contributed by atoms with Crippen LogP contribution in [0.1, 0.15) is 18.4 Å². The first kappa shape index (κ1) is 11.5. The third-order valence-electron chi connectivity index (χ3n) is 3.45. The van der Waals surface area contributed by atoms with Gasteiger partial charge >= 0.3 is 0 Å². The van der Waals surface area contributed by atoms with Crippen molar-refractivity contribution >= 4 is 5.91 Å². The Kier molecular flexibility index (Phi) is 3.19. The molecule has 1 aromatic carbocycles. The Bertz CT molecular complexity index is 440.